The van der Waals surface area contributed by atoms with E-state index in [-0.39, 0.29) is 30.8 Å². The van der Waals surface area contributed by atoms with Crippen LogP contribution in [0.3, 0.4) is 0 Å². The Morgan fingerprint density at radius 2 is 1.74 bits per heavy atom. The number of ether oxygens (including phenoxy) is 1. The van der Waals surface area contributed by atoms with Crippen LogP contribution in [0, 0.1) is 17.7 Å². The Balaban J connectivity index is 0.00000135. The highest BCUT2D eigenvalue weighted by Crippen LogP contribution is 2.31. The summed E-state index contributed by atoms with van der Waals surface area (Å²) in [6, 6.07) is 12.1. The molecule has 3 N–H and O–H groups in total. The SMILES string of the molecule is CNC(C#Cc1ccc(CN2CCN(C3CCCCC3)CC2)cc1)(C=O)CN1Cc2ccc(OC)c(F)c2C1=O.NC=O. The lowest BCUT2D eigenvalue weighted by atomic mass is 9.94. The number of fused-ring (bicyclic) bond motifs is 1. The number of likely N-dealkylation sites (N-methyl/N-ethyl adjacent to an activating group) is 1. The van der Waals surface area contributed by atoms with Gasteiger partial charge in [0.1, 0.15) is 0 Å². The van der Waals surface area contributed by atoms with Gasteiger partial charge < -0.3 is 20.2 Å². The van der Waals surface area contributed by atoms with E-state index in [0.717, 1.165) is 44.3 Å². The second-order valence-corrected chi connectivity index (χ2v) is 11.3. The molecule has 2 fully saturated rings. The maximum absolute atomic E-state index is 14.7. The van der Waals surface area contributed by atoms with Crippen LogP contribution >= 0.6 is 0 Å². The molecule has 0 radical (unpaired) electrons. The second kappa shape index (κ2) is 15.1. The maximum Gasteiger partial charge on any atom is 0.257 e. The standard InChI is InChI=1S/C32H39FN4O3.CH3NO/c1-34-32(23-38,22-37-21-26-12-13-28(40-2)30(33)29(26)31(37)39)15-14-24-8-10-25(11-9-24)20-35-16-18-36(19-17-35)27-6-4-3-5-7-27;2-1-3/h8-13,23,27,34H,3-7,16-22H2,1-2H3;1H,(H2,2,3). The predicted molar refractivity (Wildman–Crippen MR) is 163 cm³/mol. The van der Waals surface area contributed by atoms with Gasteiger partial charge in [0.15, 0.2) is 23.4 Å². The molecule has 0 spiro atoms. The molecule has 10 heteroatoms. The number of piperazine rings is 1. The molecule has 9 nitrogen and oxygen atoms in total. The fourth-order valence-corrected chi connectivity index (χ4v) is 6.16. The van der Waals surface area contributed by atoms with Gasteiger partial charge in [-0.1, -0.05) is 49.3 Å². The van der Waals surface area contributed by atoms with Crippen LogP contribution in [0.4, 0.5) is 4.39 Å². The van der Waals surface area contributed by atoms with E-state index < -0.39 is 17.3 Å². The highest BCUT2D eigenvalue weighted by atomic mass is 19.1. The van der Waals surface area contributed by atoms with Crippen molar-refractivity contribution in [2.75, 3.05) is 46.9 Å². The summed E-state index contributed by atoms with van der Waals surface area (Å²) in [5.41, 5.74) is 5.48. The molecule has 1 saturated heterocycles. The number of hydrogen-bond donors (Lipinski definition) is 2. The smallest absolute Gasteiger partial charge is 0.257 e. The van der Waals surface area contributed by atoms with Crippen molar-refractivity contribution >= 4 is 18.6 Å². The molecule has 2 aromatic rings. The fourth-order valence-electron chi connectivity index (χ4n) is 6.16. The van der Waals surface area contributed by atoms with E-state index in [1.54, 1.807) is 13.1 Å². The van der Waals surface area contributed by atoms with Gasteiger partial charge in [-0.2, -0.15) is 0 Å². The predicted octanol–water partition coefficient (Wildman–Crippen LogP) is 2.55. The van der Waals surface area contributed by atoms with Crippen LogP contribution in [0.1, 0.15) is 59.2 Å². The van der Waals surface area contributed by atoms with Gasteiger partial charge in [-0.15, -0.1) is 0 Å². The zero-order valence-corrected chi connectivity index (χ0v) is 25.1. The monoisotopic (exact) mass is 591 g/mol. The van der Waals surface area contributed by atoms with Crippen molar-refractivity contribution < 1.29 is 23.5 Å². The van der Waals surface area contributed by atoms with Gasteiger partial charge >= 0.3 is 0 Å². The molecule has 2 aromatic carbocycles. The first-order valence-corrected chi connectivity index (χ1v) is 14.9. The number of rotatable bonds is 8. The van der Waals surface area contributed by atoms with Crippen molar-refractivity contribution in [1.82, 2.24) is 20.0 Å². The number of carbonyl (C=O) groups is 3. The van der Waals surface area contributed by atoms with Crippen molar-refractivity contribution in [2.45, 2.75) is 56.8 Å². The summed E-state index contributed by atoms with van der Waals surface area (Å²) in [4.78, 5) is 40.4. The van der Waals surface area contributed by atoms with E-state index in [2.05, 4.69) is 44.8 Å². The number of halogens is 1. The average molecular weight is 592 g/mol. The normalized spacial score (nSPS) is 18.9. The molecule has 2 heterocycles. The first-order valence-electron chi connectivity index (χ1n) is 14.9. The average Bonchev–Trinajstić information content (AvgIpc) is 3.36. The molecule has 1 aliphatic carbocycles. The van der Waals surface area contributed by atoms with Gasteiger partial charge in [-0.3, -0.25) is 24.7 Å². The number of nitrogens with one attached hydrogen (secondary N) is 1. The van der Waals surface area contributed by atoms with Crippen LogP contribution in [-0.4, -0.2) is 91.8 Å². The molecule has 3 aliphatic rings. The summed E-state index contributed by atoms with van der Waals surface area (Å²) in [5.74, 6) is 5.02. The minimum absolute atomic E-state index is 0.000186. The Labute approximate surface area is 253 Å². The van der Waals surface area contributed by atoms with Gasteiger partial charge in [0.2, 0.25) is 6.41 Å². The zero-order valence-electron chi connectivity index (χ0n) is 25.1. The van der Waals surface area contributed by atoms with E-state index in [4.69, 9.17) is 9.53 Å². The maximum atomic E-state index is 14.7. The highest BCUT2D eigenvalue weighted by molar-refractivity contribution is 5.99. The van der Waals surface area contributed by atoms with Crippen molar-refractivity contribution in [3.63, 3.8) is 0 Å². The first kappa shape index (κ1) is 32.1. The number of nitrogens with two attached hydrogens (primary N) is 1. The molecular weight excluding hydrogens is 549 g/mol. The number of benzene rings is 2. The van der Waals surface area contributed by atoms with Crippen LogP contribution < -0.4 is 15.8 Å². The third kappa shape index (κ3) is 7.79. The highest BCUT2D eigenvalue weighted by Gasteiger charge is 2.38. The van der Waals surface area contributed by atoms with Crippen molar-refractivity contribution in [3.8, 4) is 17.6 Å². The van der Waals surface area contributed by atoms with Crippen molar-refractivity contribution in [3.05, 3.63) is 64.5 Å². The van der Waals surface area contributed by atoms with Gasteiger partial charge in [0.05, 0.1) is 19.2 Å². The zero-order chi connectivity index (χ0) is 30.8. The van der Waals surface area contributed by atoms with E-state index in [1.807, 2.05) is 12.1 Å². The summed E-state index contributed by atoms with van der Waals surface area (Å²) < 4.78 is 19.8. The quantitative estimate of drug-likeness (QED) is 0.359. The van der Waals surface area contributed by atoms with E-state index in [9.17, 15) is 14.0 Å². The molecule has 0 bridgehead atoms. The Morgan fingerprint density at radius 3 is 2.35 bits per heavy atom. The second-order valence-electron chi connectivity index (χ2n) is 11.3. The lowest BCUT2D eigenvalue weighted by molar-refractivity contribution is -0.111. The van der Waals surface area contributed by atoms with Crippen LogP contribution in [-0.2, 0) is 22.7 Å². The third-order valence-electron chi connectivity index (χ3n) is 8.65. The number of methoxy groups -OCH3 is 1. The van der Waals surface area contributed by atoms with Gasteiger partial charge in [-0.25, -0.2) is 4.39 Å². The number of nitrogens with zero attached hydrogens (tertiary/aromatic N) is 3. The largest absolute Gasteiger partial charge is 0.494 e. The first-order chi connectivity index (χ1) is 20.9. The number of primary amides is 1. The lowest BCUT2D eigenvalue weighted by Gasteiger charge is -2.40. The molecule has 2 aliphatic heterocycles. The number of amides is 2. The van der Waals surface area contributed by atoms with Crippen molar-refractivity contribution in [1.29, 1.82) is 0 Å². The number of hydrogen-bond acceptors (Lipinski definition) is 7. The summed E-state index contributed by atoms with van der Waals surface area (Å²) in [6.07, 6.45) is 7.83. The molecule has 1 unspecified atom stereocenters. The lowest BCUT2D eigenvalue weighted by Crippen LogP contribution is -2.52. The minimum atomic E-state index is -1.28. The topological polar surface area (TPSA) is 108 Å². The molecule has 43 heavy (non-hydrogen) atoms. The van der Waals surface area contributed by atoms with Crippen LogP contribution in [0.25, 0.3) is 0 Å². The number of carbonyl (C=O) groups excluding carboxylic acids is 3. The Morgan fingerprint density at radius 1 is 1.07 bits per heavy atom. The van der Waals surface area contributed by atoms with Gasteiger partial charge in [0.25, 0.3) is 5.91 Å². The molecule has 0 aromatic heterocycles. The van der Waals surface area contributed by atoms with E-state index >= 15 is 0 Å². The van der Waals surface area contributed by atoms with Crippen LogP contribution in [0.2, 0.25) is 0 Å². The number of aldehydes is 1. The molecule has 5 rings (SSSR count). The van der Waals surface area contributed by atoms with E-state index in [0.29, 0.717) is 11.8 Å². The Kier molecular flexibility index (Phi) is 11.3. The minimum Gasteiger partial charge on any atom is -0.494 e. The molecular formula is C33H42FN5O4. The molecule has 230 valence electrons. The summed E-state index contributed by atoms with van der Waals surface area (Å²) in [7, 11) is 3.00. The summed E-state index contributed by atoms with van der Waals surface area (Å²) in [6.45, 7) is 5.61. The van der Waals surface area contributed by atoms with Crippen molar-refractivity contribution in [2.24, 2.45) is 5.73 Å². The van der Waals surface area contributed by atoms with Gasteiger partial charge in [-0.05, 0) is 49.2 Å². The van der Waals surface area contributed by atoms with Gasteiger partial charge in [0, 0.05) is 50.9 Å². The molecule has 1 saturated carbocycles. The molecule has 1 atom stereocenters. The van der Waals surface area contributed by atoms with E-state index in [1.165, 1.54) is 55.7 Å². The summed E-state index contributed by atoms with van der Waals surface area (Å²) in [5, 5.41) is 2.97. The molecule has 2 amide bonds. The Bertz CT molecular complexity index is 1330. The fraction of sp³-hybridized carbons (Fsp3) is 0.485. The third-order valence-corrected chi connectivity index (χ3v) is 8.65. The van der Waals surface area contributed by atoms with Crippen LogP contribution in [0.5, 0.6) is 5.75 Å². The summed E-state index contributed by atoms with van der Waals surface area (Å²) >= 11 is 0. The Hall–Kier alpha value is -3.78. The van der Waals surface area contributed by atoms with Crippen LogP contribution in [0.15, 0.2) is 36.4 Å².